The first-order chi connectivity index (χ1) is 4.75. The van der Waals surface area contributed by atoms with E-state index in [1.54, 1.807) is 0 Å². The second-order valence-electron chi connectivity index (χ2n) is 1.85. The van der Waals surface area contributed by atoms with Gasteiger partial charge in [-0.2, -0.15) is 0 Å². The van der Waals surface area contributed by atoms with E-state index >= 15 is 0 Å². The highest BCUT2D eigenvalue weighted by Gasteiger charge is 2.03. The first-order valence-corrected chi connectivity index (χ1v) is 3.12. The van der Waals surface area contributed by atoms with Gasteiger partial charge in [-0.25, -0.2) is 8.78 Å². The molecule has 0 atom stereocenters. The maximum Gasteiger partial charge on any atom is 0.147 e. The van der Waals surface area contributed by atoms with E-state index in [0.29, 0.717) is 0 Å². The molecule has 0 saturated carbocycles. The lowest BCUT2D eigenvalue weighted by Gasteiger charge is -1.97. The van der Waals surface area contributed by atoms with Crippen LogP contribution >= 0.6 is 11.6 Å². The summed E-state index contributed by atoms with van der Waals surface area (Å²) < 4.78 is 24.5. The lowest BCUT2D eigenvalue weighted by Crippen LogP contribution is -1.85. The van der Waals surface area contributed by atoms with Crippen LogP contribution in [0.4, 0.5) is 8.78 Å². The van der Waals surface area contributed by atoms with Crippen molar-refractivity contribution in [1.82, 2.24) is 0 Å². The van der Waals surface area contributed by atoms with E-state index in [-0.39, 0.29) is 10.6 Å². The second kappa shape index (κ2) is 2.97. The molecule has 0 unspecified atom stereocenters. The van der Waals surface area contributed by atoms with Gasteiger partial charge in [0.1, 0.15) is 12.5 Å². The summed E-state index contributed by atoms with van der Waals surface area (Å²) in [7, 11) is 0. The van der Waals surface area contributed by atoms with Crippen LogP contribution in [0.2, 0.25) is 5.02 Å². The maximum absolute atomic E-state index is 12.6. The lowest BCUT2D eigenvalue weighted by molar-refractivity contribution is 0.464. The molecule has 54 valence electrons. The van der Waals surface area contributed by atoms with Crippen molar-refractivity contribution in [2.45, 2.75) is 6.67 Å². The molecule has 0 aliphatic rings. The molecule has 0 saturated heterocycles. The van der Waals surface area contributed by atoms with Crippen molar-refractivity contribution < 1.29 is 8.78 Å². The highest BCUT2D eigenvalue weighted by atomic mass is 35.5. The topological polar surface area (TPSA) is 0 Å². The van der Waals surface area contributed by atoms with Crippen LogP contribution in [0.25, 0.3) is 0 Å². The number of rotatable bonds is 1. The number of hydrogen-bond donors (Lipinski definition) is 0. The van der Waals surface area contributed by atoms with Crippen LogP contribution in [0.5, 0.6) is 0 Å². The largest absolute Gasteiger partial charge is 0.246 e. The Hall–Kier alpha value is -0.630. The average Bonchev–Trinajstić information content (AvgIpc) is 1.95. The zero-order chi connectivity index (χ0) is 7.56. The van der Waals surface area contributed by atoms with Crippen molar-refractivity contribution in [3.05, 3.63) is 34.6 Å². The summed E-state index contributed by atoms with van der Waals surface area (Å²) in [5, 5.41) is -0.0323. The van der Waals surface area contributed by atoms with Gasteiger partial charge < -0.3 is 0 Å². The molecule has 1 rings (SSSR count). The zero-order valence-electron chi connectivity index (χ0n) is 5.07. The van der Waals surface area contributed by atoms with E-state index in [1.807, 2.05) is 0 Å². The molecule has 0 N–H and O–H groups in total. The van der Waals surface area contributed by atoms with Crippen molar-refractivity contribution in [2.24, 2.45) is 0 Å². The van der Waals surface area contributed by atoms with E-state index in [4.69, 9.17) is 11.6 Å². The van der Waals surface area contributed by atoms with Crippen LogP contribution in [0.3, 0.4) is 0 Å². The summed E-state index contributed by atoms with van der Waals surface area (Å²) >= 11 is 5.35. The molecular formula is C7H5ClF2. The van der Waals surface area contributed by atoms with Gasteiger partial charge in [0, 0.05) is 5.56 Å². The van der Waals surface area contributed by atoms with Gasteiger partial charge in [0.05, 0.1) is 5.02 Å². The van der Waals surface area contributed by atoms with E-state index < -0.39 is 12.5 Å². The number of benzene rings is 1. The van der Waals surface area contributed by atoms with Crippen LogP contribution in [0.15, 0.2) is 18.2 Å². The van der Waals surface area contributed by atoms with Crippen LogP contribution < -0.4 is 0 Å². The van der Waals surface area contributed by atoms with Gasteiger partial charge >= 0.3 is 0 Å². The Morgan fingerprint density at radius 1 is 1.40 bits per heavy atom. The monoisotopic (exact) mass is 162 g/mol. The van der Waals surface area contributed by atoms with Crippen molar-refractivity contribution >= 4 is 11.6 Å². The molecule has 0 amide bonds. The molecular weight excluding hydrogens is 158 g/mol. The number of alkyl halides is 1. The van der Waals surface area contributed by atoms with Crippen LogP contribution in [0, 0.1) is 5.82 Å². The van der Waals surface area contributed by atoms with Gasteiger partial charge in [0.2, 0.25) is 0 Å². The van der Waals surface area contributed by atoms with E-state index in [2.05, 4.69) is 0 Å². The van der Waals surface area contributed by atoms with Crippen molar-refractivity contribution in [3.63, 3.8) is 0 Å². The normalized spacial score (nSPS) is 9.90. The van der Waals surface area contributed by atoms with Crippen molar-refractivity contribution in [1.29, 1.82) is 0 Å². The Kier molecular flexibility index (Phi) is 2.22. The Morgan fingerprint density at radius 3 is 2.60 bits per heavy atom. The molecule has 0 heterocycles. The van der Waals surface area contributed by atoms with Gasteiger partial charge in [0.15, 0.2) is 0 Å². The average molecular weight is 163 g/mol. The molecule has 10 heavy (non-hydrogen) atoms. The van der Waals surface area contributed by atoms with Crippen LogP contribution in [-0.2, 0) is 6.67 Å². The summed E-state index contributed by atoms with van der Waals surface area (Å²) in [5.74, 6) is -0.660. The predicted octanol–water partition coefficient (Wildman–Crippen LogP) is 2.95. The highest BCUT2D eigenvalue weighted by molar-refractivity contribution is 6.30. The standard InChI is InChI=1S/C7H5ClF2/c8-6-3-1-2-5(4-9)7(6)10/h1-3H,4H2. The first kappa shape index (κ1) is 7.48. The number of halogens is 3. The van der Waals surface area contributed by atoms with Crippen LogP contribution in [-0.4, -0.2) is 0 Å². The smallest absolute Gasteiger partial charge is 0.147 e. The van der Waals surface area contributed by atoms with E-state index in [9.17, 15) is 8.78 Å². The molecule has 1 aromatic carbocycles. The Balaban J connectivity index is 3.14. The minimum Gasteiger partial charge on any atom is -0.246 e. The maximum atomic E-state index is 12.6. The molecule has 0 aliphatic carbocycles. The summed E-state index contributed by atoms with van der Waals surface area (Å²) in [6.45, 7) is -0.813. The van der Waals surface area contributed by atoms with Gasteiger partial charge in [-0.15, -0.1) is 0 Å². The van der Waals surface area contributed by atoms with E-state index in [0.717, 1.165) is 0 Å². The number of hydrogen-bond acceptors (Lipinski definition) is 0. The fraction of sp³-hybridized carbons (Fsp3) is 0.143. The SMILES string of the molecule is FCc1cccc(Cl)c1F. The van der Waals surface area contributed by atoms with Gasteiger partial charge in [-0.05, 0) is 6.07 Å². The highest BCUT2D eigenvalue weighted by Crippen LogP contribution is 2.17. The van der Waals surface area contributed by atoms with Gasteiger partial charge in [-0.1, -0.05) is 23.7 Å². The Morgan fingerprint density at radius 2 is 2.10 bits per heavy atom. The minimum atomic E-state index is -0.813. The Labute approximate surface area is 62.4 Å². The predicted molar refractivity (Wildman–Crippen MR) is 36.2 cm³/mol. The van der Waals surface area contributed by atoms with Gasteiger partial charge in [0.25, 0.3) is 0 Å². The van der Waals surface area contributed by atoms with Crippen molar-refractivity contribution in [2.75, 3.05) is 0 Å². The summed E-state index contributed by atoms with van der Waals surface area (Å²) in [5.41, 5.74) is 0.00694. The molecule has 0 aromatic heterocycles. The molecule has 3 heteroatoms. The first-order valence-electron chi connectivity index (χ1n) is 2.74. The summed E-state index contributed by atoms with van der Waals surface area (Å²) in [6, 6.07) is 4.26. The molecule has 0 fully saturated rings. The summed E-state index contributed by atoms with van der Waals surface area (Å²) in [4.78, 5) is 0. The lowest BCUT2D eigenvalue weighted by atomic mass is 10.2. The fourth-order valence-electron chi connectivity index (χ4n) is 0.652. The molecule has 0 nitrogen and oxygen atoms in total. The Bertz CT molecular complexity index is 235. The molecule has 0 radical (unpaired) electrons. The molecule has 0 bridgehead atoms. The molecule has 0 aliphatic heterocycles. The van der Waals surface area contributed by atoms with Crippen LogP contribution in [0.1, 0.15) is 5.56 Å². The summed E-state index contributed by atoms with van der Waals surface area (Å²) in [6.07, 6.45) is 0. The quantitative estimate of drug-likeness (QED) is 0.596. The minimum absolute atomic E-state index is 0.00694. The zero-order valence-corrected chi connectivity index (χ0v) is 5.83. The second-order valence-corrected chi connectivity index (χ2v) is 2.25. The third-order valence-electron chi connectivity index (χ3n) is 1.18. The third-order valence-corrected chi connectivity index (χ3v) is 1.47. The van der Waals surface area contributed by atoms with E-state index in [1.165, 1.54) is 18.2 Å². The third kappa shape index (κ3) is 1.27. The fourth-order valence-corrected chi connectivity index (χ4v) is 0.846. The molecule has 0 spiro atoms. The molecule has 1 aromatic rings. The van der Waals surface area contributed by atoms with Gasteiger partial charge in [-0.3, -0.25) is 0 Å². The van der Waals surface area contributed by atoms with Crippen molar-refractivity contribution in [3.8, 4) is 0 Å².